The third-order valence-corrected chi connectivity index (χ3v) is 6.31. The predicted octanol–water partition coefficient (Wildman–Crippen LogP) is 9.05. The number of aryl methyl sites for hydroxylation is 2. The zero-order valence-corrected chi connectivity index (χ0v) is 22.6. The van der Waals surface area contributed by atoms with Crippen LogP contribution in [0.25, 0.3) is 0 Å². The van der Waals surface area contributed by atoms with Gasteiger partial charge in [0, 0.05) is 0 Å². The lowest BCUT2D eigenvalue weighted by Crippen LogP contribution is -2.24. The minimum absolute atomic E-state index is 0.155. The van der Waals surface area contributed by atoms with E-state index in [4.69, 9.17) is 0 Å². The Morgan fingerprint density at radius 2 is 0.774 bits per heavy atom. The highest BCUT2D eigenvalue weighted by molar-refractivity contribution is 5.45. The van der Waals surface area contributed by atoms with Crippen LogP contribution < -0.4 is 0 Å². The van der Waals surface area contributed by atoms with Crippen LogP contribution in [-0.2, 0) is 34.5 Å². The van der Waals surface area contributed by atoms with Crippen LogP contribution in [0.4, 0.5) is 0 Å². The van der Waals surface area contributed by atoms with Crippen molar-refractivity contribution < 1.29 is 0 Å². The molecule has 2 aromatic rings. The van der Waals surface area contributed by atoms with E-state index in [9.17, 15) is 0 Å². The first-order valence-corrected chi connectivity index (χ1v) is 12.2. The summed E-state index contributed by atoms with van der Waals surface area (Å²) in [5.41, 5.74) is 9.82. The fourth-order valence-electron chi connectivity index (χ4n) is 5.11. The van der Waals surface area contributed by atoms with E-state index in [1.54, 1.807) is 11.1 Å². The van der Waals surface area contributed by atoms with Gasteiger partial charge in [0.2, 0.25) is 0 Å². The molecule has 0 aliphatic carbocycles. The van der Waals surface area contributed by atoms with Gasteiger partial charge in [0.15, 0.2) is 0 Å². The molecule has 0 N–H and O–H groups in total. The molecule has 0 aromatic heterocycles. The molecule has 0 spiro atoms. The lowest BCUT2D eigenvalue weighted by Gasteiger charge is -2.33. The zero-order chi connectivity index (χ0) is 23.8. The third kappa shape index (κ3) is 6.24. The van der Waals surface area contributed by atoms with Gasteiger partial charge in [-0.2, -0.15) is 0 Å². The molecular formula is C31H48. The van der Waals surface area contributed by atoms with Crippen molar-refractivity contribution in [1.29, 1.82) is 0 Å². The molecule has 172 valence electrons. The average Bonchev–Trinajstić information content (AvgIpc) is 2.58. The summed E-state index contributed by atoms with van der Waals surface area (Å²) in [5, 5.41) is 0. The second-order valence-corrected chi connectivity index (χ2v) is 13.5. The predicted molar refractivity (Wildman–Crippen MR) is 140 cm³/mol. The molecule has 0 bridgehead atoms. The second-order valence-electron chi connectivity index (χ2n) is 13.5. The molecule has 0 atom stereocenters. The topological polar surface area (TPSA) is 0 Å². The van der Waals surface area contributed by atoms with Crippen molar-refractivity contribution in [3.63, 3.8) is 0 Å². The van der Waals surface area contributed by atoms with E-state index in [1.165, 1.54) is 28.7 Å². The molecular weight excluding hydrogens is 372 g/mol. The number of rotatable bonds is 4. The van der Waals surface area contributed by atoms with Crippen LogP contribution in [0.1, 0.15) is 123 Å². The molecule has 0 saturated carbocycles. The Bertz CT molecular complexity index is 808. The van der Waals surface area contributed by atoms with Crippen LogP contribution in [0.2, 0.25) is 0 Å². The van der Waals surface area contributed by atoms with Crippen molar-refractivity contribution in [1.82, 2.24) is 0 Å². The fraction of sp³-hybridized carbons (Fsp3) is 0.613. The van der Waals surface area contributed by atoms with Crippen molar-refractivity contribution in [2.75, 3.05) is 0 Å². The van der Waals surface area contributed by atoms with Gasteiger partial charge in [0.1, 0.15) is 0 Å². The summed E-state index contributed by atoms with van der Waals surface area (Å²) in [6.07, 6.45) is 3.47. The summed E-state index contributed by atoms with van der Waals surface area (Å²) >= 11 is 0. The molecule has 0 heterocycles. The van der Waals surface area contributed by atoms with Gasteiger partial charge in [-0.3, -0.25) is 0 Å². The Morgan fingerprint density at radius 1 is 0.452 bits per heavy atom. The summed E-state index contributed by atoms with van der Waals surface area (Å²) in [5.74, 6) is 0. The normalized spacial score (nSPS) is 13.5. The second kappa shape index (κ2) is 8.76. The van der Waals surface area contributed by atoms with E-state index in [2.05, 4.69) is 119 Å². The van der Waals surface area contributed by atoms with Crippen LogP contribution >= 0.6 is 0 Å². The largest absolute Gasteiger partial charge is 0.0617 e. The first-order valence-electron chi connectivity index (χ1n) is 12.2. The molecule has 0 unspecified atom stereocenters. The SMILES string of the molecule is CC(C)(C)c1cccc(CCCc2cccc(C(C)(C)C)c2C(C)(C)C)c1C(C)(C)C. The number of hydrogen-bond acceptors (Lipinski definition) is 0. The number of benzene rings is 2. The molecule has 0 amide bonds. The summed E-state index contributed by atoms with van der Waals surface area (Å²) in [6.45, 7) is 28.3. The highest BCUT2D eigenvalue weighted by Gasteiger charge is 2.29. The smallest absolute Gasteiger partial charge is 0.0126 e. The van der Waals surface area contributed by atoms with E-state index in [0.717, 1.165) is 12.8 Å². The summed E-state index contributed by atoms with van der Waals surface area (Å²) in [6, 6.07) is 14.0. The minimum atomic E-state index is 0.155. The Morgan fingerprint density at radius 3 is 1.03 bits per heavy atom. The maximum absolute atomic E-state index is 2.37. The van der Waals surface area contributed by atoms with Gasteiger partial charge >= 0.3 is 0 Å². The zero-order valence-electron chi connectivity index (χ0n) is 22.6. The van der Waals surface area contributed by atoms with Gasteiger partial charge in [-0.1, -0.05) is 119 Å². The number of hydrogen-bond donors (Lipinski definition) is 0. The lowest BCUT2D eigenvalue weighted by atomic mass is 9.71. The first kappa shape index (κ1) is 25.7. The Kier molecular flexibility index (Phi) is 7.26. The summed E-state index contributed by atoms with van der Waals surface area (Å²) in [4.78, 5) is 0. The van der Waals surface area contributed by atoms with Crippen molar-refractivity contribution in [3.05, 3.63) is 69.8 Å². The standard InChI is InChI=1S/C31H48/c1-28(2,3)24-20-14-18-22(26(24)30(7,8)9)16-13-17-23-19-15-21-25(29(4,5)6)27(23)31(10,11)12/h14-15,18-21H,13,16-17H2,1-12H3. The minimum Gasteiger partial charge on any atom is -0.0617 e. The van der Waals surface area contributed by atoms with Crippen LogP contribution in [-0.4, -0.2) is 0 Å². The molecule has 2 rings (SSSR count). The van der Waals surface area contributed by atoms with E-state index in [1.807, 2.05) is 0 Å². The quantitative estimate of drug-likeness (QED) is 0.462. The van der Waals surface area contributed by atoms with E-state index >= 15 is 0 Å². The van der Waals surface area contributed by atoms with E-state index < -0.39 is 0 Å². The monoisotopic (exact) mass is 420 g/mol. The molecule has 0 saturated heterocycles. The van der Waals surface area contributed by atoms with Crippen molar-refractivity contribution in [2.24, 2.45) is 0 Å². The van der Waals surface area contributed by atoms with Gasteiger partial charge in [-0.15, -0.1) is 0 Å². The van der Waals surface area contributed by atoms with Crippen LogP contribution in [0.3, 0.4) is 0 Å². The molecule has 0 radical (unpaired) electrons. The Hall–Kier alpha value is -1.56. The van der Waals surface area contributed by atoms with Crippen molar-refractivity contribution in [2.45, 2.75) is 124 Å². The third-order valence-electron chi connectivity index (χ3n) is 6.31. The van der Waals surface area contributed by atoms with Gasteiger partial charge < -0.3 is 0 Å². The van der Waals surface area contributed by atoms with Crippen LogP contribution in [0.15, 0.2) is 36.4 Å². The van der Waals surface area contributed by atoms with Gasteiger partial charge in [-0.05, 0) is 74.3 Å². The van der Waals surface area contributed by atoms with Crippen LogP contribution in [0, 0.1) is 0 Å². The van der Waals surface area contributed by atoms with Gasteiger partial charge in [0.05, 0.1) is 0 Å². The van der Waals surface area contributed by atoms with Crippen molar-refractivity contribution >= 4 is 0 Å². The molecule has 2 aromatic carbocycles. The maximum Gasteiger partial charge on any atom is -0.0126 e. The lowest BCUT2D eigenvalue weighted by molar-refractivity contribution is 0.520. The van der Waals surface area contributed by atoms with Gasteiger partial charge in [0.25, 0.3) is 0 Å². The molecule has 0 fully saturated rings. The Labute approximate surface area is 193 Å². The average molecular weight is 421 g/mol. The van der Waals surface area contributed by atoms with Crippen LogP contribution in [0.5, 0.6) is 0 Å². The Balaban J connectivity index is 2.40. The molecule has 0 heteroatoms. The maximum atomic E-state index is 2.37. The molecule has 0 nitrogen and oxygen atoms in total. The summed E-state index contributed by atoms with van der Waals surface area (Å²) in [7, 11) is 0. The highest BCUT2D eigenvalue weighted by Crippen LogP contribution is 2.38. The molecule has 0 aliphatic rings. The van der Waals surface area contributed by atoms with Crippen molar-refractivity contribution in [3.8, 4) is 0 Å². The highest BCUT2D eigenvalue weighted by atomic mass is 14.3. The first-order chi connectivity index (χ1) is 13.9. The van der Waals surface area contributed by atoms with Gasteiger partial charge in [-0.25, -0.2) is 0 Å². The van der Waals surface area contributed by atoms with E-state index in [0.29, 0.717) is 0 Å². The fourth-order valence-corrected chi connectivity index (χ4v) is 5.11. The van der Waals surface area contributed by atoms with E-state index in [-0.39, 0.29) is 21.7 Å². The molecule has 31 heavy (non-hydrogen) atoms. The summed E-state index contributed by atoms with van der Waals surface area (Å²) < 4.78 is 0. The molecule has 0 aliphatic heterocycles.